The number of aryl methyl sites for hydroxylation is 3. The van der Waals surface area contributed by atoms with E-state index in [-0.39, 0.29) is 13.8 Å². The number of nitrogens with zero attached hydrogens (tertiary/aromatic N) is 21. The van der Waals surface area contributed by atoms with Crippen molar-refractivity contribution < 1.29 is 1.43 Å². The minimum atomic E-state index is 0. The Morgan fingerprint density at radius 2 is 0.814 bits per heavy atom. The van der Waals surface area contributed by atoms with Crippen molar-refractivity contribution >= 4 is 161 Å². The molecular formula is C84H90Br3ClN30. The molecule has 0 saturated heterocycles. The second-order valence-corrected chi connectivity index (χ2v) is 30.2. The topological polar surface area (TPSA) is 362 Å². The highest BCUT2D eigenvalue weighted by molar-refractivity contribution is 9.11. The van der Waals surface area contributed by atoms with Crippen LogP contribution >= 0.6 is 60.2 Å². The van der Waals surface area contributed by atoms with Crippen molar-refractivity contribution in [3.05, 3.63) is 281 Å². The fraction of sp³-hybridized carbons (Fsp3) is 0.202. The Bertz CT molecular complexity index is 6690. The molecule has 19 heterocycles. The smallest absolute Gasteiger partial charge is 0.180 e. The number of nitrogens with one attached hydrogen (secondary N) is 8. The summed E-state index contributed by atoms with van der Waals surface area (Å²) in [5.41, 5.74) is 24.2. The van der Waals surface area contributed by atoms with E-state index < -0.39 is 0 Å². The standard InChI is InChI=1S/C22H24N8.C22H22N8.C18H17BrN6.C9H7Br2N3.C9H11N3.C4H6N2.ClH.H2/c2*1-14(2)18-12-27-22-21(28-19(13-30(18)22)29-10-9-23-15(29)3)25-8-6-16-11-26-20-17(16)5-4-7-24-20;1-11(2)14-9-23-18-17(24-15(19)10-25(14)18)21-7-5-12-8-22-16-13(12)4-3-6-20-16;1-5(2)6-3-12-9-8(11)13-7(10)4-14(6)9;10-4-3-7-6-12-9-8(7)2-1-5-11-9;1-4-5-2-3-6-4;;/h4-5,7,9-14H,6,8H2,1-3H3,(H,24,26)(H,25,28);4-5,7,9-13H,1,6,8H2,2-3H3,(H,24,26)(H,25,28);3-4,6,8-10H,1,5,7H2,2H3,(H,20,22)(H,21,24);3-4H,1H2,2H3;1-2,5-6H,3-4,10H2,(H,11,12);2-3H,1H3,(H,5,6);2*1H. The quantitative estimate of drug-likeness (QED) is 0.0342. The van der Waals surface area contributed by atoms with Crippen LogP contribution in [-0.4, -0.2) is 153 Å². The Hall–Kier alpha value is -12.8. The van der Waals surface area contributed by atoms with Crippen molar-refractivity contribution in [3.63, 3.8) is 0 Å². The number of hydrogen-bond donors (Lipinski definition) is 9. The van der Waals surface area contributed by atoms with Gasteiger partial charge in [-0.15, -0.1) is 12.4 Å². The Morgan fingerprint density at radius 3 is 1.19 bits per heavy atom. The van der Waals surface area contributed by atoms with E-state index in [2.05, 4.69) is 216 Å². The zero-order valence-electron chi connectivity index (χ0n) is 66.2. The number of H-pyrrole nitrogens is 5. The molecule has 604 valence electrons. The molecule has 0 aliphatic rings. The number of imidazole rings is 7. The van der Waals surface area contributed by atoms with Crippen LogP contribution in [0.25, 0.3) is 95.1 Å². The van der Waals surface area contributed by atoms with Crippen LogP contribution in [0, 0.1) is 20.8 Å². The lowest BCUT2D eigenvalue weighted by atomic mass is 10.1. The lowest BCUT2D eigenvalue weighted by Crippen LogP contribution is -2.11. The summed E-state index contributed by atoms with van der Waals surface area (Å²) in [6.07, 6.45) is 44.7. The zero-order valence-corrected chi connectivity index (χ0v) is 71.8. The van der Waals surface area contributed by atoms with Gasteiger partial charge in [0.2, 0.25) is 0 Å². The second-order valence-electron chi connectivity index (χ2n) is 27.8. The molecule has 10 N–H and O–H groups in total. The zero-order chi connectivity index (χ0) is 81.8. The molecule has 0 aliphatic carbocycles. The van der Waals surface area contributed by atoms with Gasteiger partial charge in [-0.05, 0) is 215 Å². The monoisotopic (exact) mass is 1790 g/mol. The molecule has 0 fully saturated rings. The largest absolute Gasteiger partial charge is 0.367 e. The van der Waals surface area contributed by atoms with E-state index >= 15 is 0 Å². The fourth-order valence-corrected chi connectivity index (χ4v) is 14.9. The number of hydrogen-bond acceptors (Lipinski definition) is 19. The lowest BCUT2D eigenvalue weighted by molar-refractivity contribution is 0.800. The third-order valence-electron chi connectivity index (χ3n) is 19.2. The SMILES string of the molecule is C=C(C)c1cnc2c(Br)nc(Br)cn12.C=C(C)c1cnc2c(NCCc3c[nH]c4ncccc34)nc(-n3ccnc3C)cn12.C=C(C)c1cnc2c(NCCc3c[nH]c4ncccc34)nc(Br)cn12.Cc1ncc[nH]1.Cc1nccn1-c1cn2c(C(C)C)cnc2c(NCCc2c[nH]c3ncccc23)n1.Cl.NCCc1c[nH]c2ncccc12.[HH]. The van der Waals surface area contributed by atoms with E-state index in [0.717, 1.165) is 200 Å². The molecule has 30 nitrogen and oxygen atoms in total. The summed E-state index contributed by atoms with van der Waals surface area (Å²) in [5.74, 6) is 6.92. The molecule has 0 radical (unpaired) electrons. The van der Waals surface area contributed by atoms with Gasteiger partial charge >= 0.3 is 0 Å². The minimum Gasteiger partial charge on any atom is -0.367 e. The third kappa shape index (κ3) is 18.8. The van der Waals surface area contributed by atoms with E-state index in [9.17, 15) is 0 Å². The number of pyridine rings is 4. The van der Waals surface area contributed by atoms with Crippen LogP contribution in [0.5, 0.6) is 0 Å². The van der Waals surface area contributed by atoms with Crippen LogP contribution < -0.4 is 21.7 Å². The molecule has 19 aromatic heterocycles. The van der Waals surface area contributed by atoms with E-state index in [4.69, 9.17) is 15.7 Å². The number of anilines is 3. The molecule has 0 aromatic carbocycles. The Kier molecular flexibility index (Phi) is 26.7. The summed E-state index contributed by atoms with van der Waals surface area (Å²) in [7, 11) is 0. The molecule has 0 aliphatic heterocycles. The maximum absolute atomic E-state index is 5.48. The molecule has 0 spiro atoms. The van der Waals surface area contributed by atoms with Gasteiger partial charge in [-0.1, -0.05) is 33.6 Å². The summed E-state index contributed by atoms with van der Waals surface area (Å²) in [5, 5.41) is 15.0. The number of aromatic nitrogens is 26. The molecule has 0 saturated carbocycles. The normalized spacial score (nSPS) is 11.1. The van der Waals surface area contributed by atoms with Gasteiger partial charge in [0.05, 0.1) is 48.1 Å². The lowest BCUT2D eigenvalue weighted by Gasteiger charge is -2.13. The molecule has 0 atom stereocenters. The first kappa shape index (κ1) is 83.1. The van der Waals surface area contributed by atoms with Crippen molar-refractivity contribution in [2.75, 3.05) is 42.1 Å². The Labute approximate surface area is 711 Å². The average molecular weight is 1800 g/mol. The molecule has 34 heteroatoms. The second kappa shape index (κ2) is 37.9. The van der Waals surface area contributed by atoms with Crippen LogP contribution in [0.2, 0.25) is 0 Å². The number of fused-ring (bicyclic) bond motifs is 8. The average Bonchev–Trinajstić information content (AvgIpc) is 1.65. The van der Waals surface area contributed by atoms with Gasteiger partial charge in [-0.2, -0.15) is 0 Å². The van der Waals surface area contributed by atoms with Gasteiger partial charge in [-0.25, -0.2) is 74.8 Å². The summed E-state index contributed by atoms with van der Waals surface area (Å²) >= 11 is 10.2. The number of rotatable bonds is 20. The summed E-state index contributed by atoms with van der Waals surface area (Å²) in [6.45, 7) is 30.9. The highest BCUT2D eigenvalue weighted by Crippen LogP contribution is 2.29. The van der Waals surface area contributed by atoms with Gasteiger partial charge < -0.3 is 46.6 Å². The molecular weight excluding hydrogens is 1700 g/mol. The van der Waals surface area contributed by atoms with Gasteiger partial charge in [0, 0.05) is 154 Å². The van der Waals surface area contributed by atoms with Crippen molar-refractivity contribution in [1.82, 2.24) is 126 Å². The maximum atomic E-state index is 5.48. The van der Waals surface area contributed by atoms with Crippen molar-refractivity contribution in [2.45, 2.75) is 87.0 Å². The predicted octanol–water partition coefficient (Wildman–Crippen LogP) is 17.5. The van der Waals surface area contributed by atoms with Crippen LogP contribution in [-0.2, 0) is 25.7 Å². The number of allylic oxidation sites excluding steroid dienone is 3. The Balaban J connectivity index is 0.000000138. The number of aromatic amines is 5. The molecule has 0 bridgehead atoms. The predicted molar refractivity (Wildman–Crippen MR) is 483 cm³/mol. The van der Waals surface area contributed by atoms with Crippen molar-refractivity contribution in [3.8, 4) is 11.6 Å². The number of nitrogens with two attached hydrogens (primary N) is 1. The van der Waals surface area contributed by atoms with Crippen molar-refractivity contribution in [1.29, 1.82) is 0 Å². The van der Waals surface area contributed by atoms with Gasteiger partial charge in [0.15, 0.2) is 56.3 Å². The van der Waals surface area contributed by atoms with Gasteiger partial charge in [0.25, 0.3) is 0 Å². The first-order valence-electron chi connectivity index (χ1n) is 37.8. The van der Waals surface area contributed by atoms with E-state index in [1.807, 2.05) is 169 Å². The van der Waals surface area contributed by atoms with Crippen LogP contribution in [0.4, 0.5) is 17.5 Å². The summed E-state index contributed by atoms with van der Waals surface area (Å²) in [4.78, 5) is 81.8. The van der Waals surface area contributed by atoms with Gasteiger partial charge in [0.1, 0.15) is 49.3 Å². The highest BCUT2D eigenvalue weighted by atomic mass is 79.9. The van der Waals surface area contributed by atoms with Crippen LogP contribution in [0.15, 0.2) is 218 Å². The minimum absolute atomic E-state index is 0. The Morgan fingerprint density at radius 1 is 0.441 bits per heavy atom. The molecule has 0 amide bonds. The first-order valence-corrected chi connectivity index (χ1v) is 40.1. The molecule has 0 unspecified atom stereocenters. The van der Waals surface area contributed by atoms with E-state index in [0.29, 0.717) is 19.0 Å². The third-order valence-corrected chi connectivity index (χ3v) is 20.5. The van der Waals surface area contributed by atoms with Crippen LogP contribution in [0.1, 0.15) is 104 Å². The first-order chi connectivity index (χ1) is 56.8. The highest BCUT2D eigenvalue weighted by Gasteiger charge is 2.19. The summed E-state index contributed by atoms with van der Waals surface area (Å²) < 4.78 is 14.3. The van der Waals surface area contributed by atoms with Crippen LogP contribution in [0.3, 0.4) is 0 Å². The molecule has 118 heavy (non-hydrogen) atoms. The van der Waals surface area contributed by atoms with E-state index in [1.54, 1.807) is 55.8 Å². The van der Waals surface area contributed by atoms with E-state index in [1.165, 1.54) is 27.6 Å². The van der Waals surface area contributed by atoms with Gasteiger partial charge in [-0.3, -0.25) is 26.7 Å². The fourth-order valence-electron chi connectivity index (χ4n) is 13.4. The van der Waals surface area contributed by atoms with Crippen molar-refractivity contribution in [2.24, 2.45) is 5.73 Å². The number of halogens is 4. The maximum Gasteiger partial charge on any atom is 0.180 e. The summed E-state index contributed by atoms with van der Waals surface area (Å²) in [6, 6.07) is 16.1. The molecule has 19 rings (SSSR count). The molecule has 19 aromatic rings.